The molecule has 2 heterocycles. The number of carbonyl (C=O) groups is 3. The van der Waals surface area contributed by atoms with Crippen LogP contribution in [0.3, 0.4) is 0 Å². The molecule has 11 heteroatoms. The quantitative estimate of drug-likeness (QED) is 0.129. The second-order valence-corrected chi connectivity index (χ2v) is 14.7. The lowest BCUT2D eigenvalue weighted by Crippen LogP contribution is -2.62. The highest BCUT2D eigenvalue weighted by Crippen LogP contribution is 2.37. The van der Waals surface area contributed by atoms with Crippen LogP contribution in [0.4, 0.5) is 4.39 Å². The first-order valence-electron chi connectivity index (χ1n) is 18.2. The van der Waals surface area contributed by atoms with E-state index in [2.05, 4.69) is 45.5 Å². The van der Waals surface area contributed by atoms with E-state index >= 15 is 0 Å². The van der Waals surface area contributed by atoms with Gasteiger partial charge in [-0.25, -0.2) is 4.39 Å². The number of rotatable bonds is 16. The number of aryl methyl sites for hydroxylation is 2. The van der Waals surface area contributed by atoms with Gasteiger partial charge in [0.2, 0.25) is 5.91 Å². The SMILES string of the molecule is COC(=O)CCCC(=O)N1C[C@H]2CC(c3ccc(CCCOc4cc(F)ccc4Br)cc3)=C(C(=O)N(CCOc3cccc(C)c3)C3CC3)[C@@H](C1)N2. The molecule has 276 valence electrons. The highest BCUT2D eigenvalue weighted by Gasteiger charge is 2.43. The minimum atomic E-state index is -0.339. The Bertz CT molecular complexity index is 1780. The van der Waals surface area contributed by atoms with Crippen LogP contribution >= 0.6 is 15.9 Å². The molecule has 2 bridgehead atoms. The highest BCUT2D eigenvalue weighted by atomic mass is 79.9. The van der Waals surface area contributed by atoms with Crippen molar-refractivity contribution in [2.75, 3.05) is 40.0 Å². The number of benzene rings is 3. The second kappa shape index (κ2) is 17.5. The predicted molar refractivity (Wildman–Crippen MR) is 200 cm³/mol. The Morgan fingerprint density at radius 1 is 0.962 bits per heavy atom. The van der Waals surface area contributed by atoms with E-state index in [4.69, 9.17) is 14.2 Å². The molecule has 2 fully saturated rings. The number of carbonyl (C=O) groups excluding carboxylic acids is 3. The molecule has 1 N–H and O–H groups in total. The Hall–Kier alpha value is -4.22. The molecular formula is C41H47BrFN3O6. The summed E-state index contributed by atoms with van der Waals surface area (Å²) in [5, 5.41) is 3.68. The van der Waals surface area contributed by atoms with E-state index in [9.17, 15) is 18.8 Å². The summed E-state index contributed by atoms with van der Waals surface area (Å²) < 4.78 is 31.0. The van der Waals surface area contributed by atoms with Crippen LogP contribution in [0, 0.1) is 12.7 Å². The number of nitrogens with one attached hydrogen (secondary N) is 1. The second-order valence-electron chi connectivity index (χ2n) is 13.9. The predicted octanol–water partition coefficient (Wildman–Crippen LogP) is 6.65. The largest absolute Gasteiger partial charge is 0.492 e. The van der Waals surface area contributed by atoms with Gasteiger partial charge in [-0.15, -0.1) is 0 Å². The number of methoxy groups -OCH3 is 1. The third-order valence-corrected chi connectivity index (χ3v) is 10.5. The van der Waals surface area contributed by atoms with E-state index in [1.165, 1.54) is 19.2 Å². The summed E-state index contributed by atoms with van der Waals surface area (Å²) >= 11 is 3.41. The molecule has 1 saturated carbocycles. The van der Waals surface area contributed by atoms with Crippen molar-refractivity contribution in [2.24, 2.45) is 0 Å². The average Bonchev–Trinajstić information content (AvgIpc) is 3.98. The van der Waals surface area contributed by atoms with Gasteiger partial charge in [0.25, 0.3) is 5.91 Å². The van der Waals surface area contributed by atoms with E-state index in [1.807, 2.05) is 41.0 Å². The Kier molecular flexibility index (Phi) is 12.7. The molecule has 6 rings (SSSR count). The summed E-state index contributed by atoms with van der Waals surface area (Å²) in [6.45, 7) is 4.25. The number of hydrogen-bond donors (Lipinski definition) is 1. The molecular weight excluding hydrogens is 729 g/mol. The topological polar surface area (TPSA) is 97.4 Å². The molecule has 2 atom stereocenters. The van der Waals surface area contributed by atoms with Crippen molar-refractivity contribution in [3.05, 3.63) is 99.3 Å². The van der Waals surface area contributed by atoms with Crippen molar-refractivity contribution in [3.8, 4) is 11.5 Å². The van der Waals surface area contributed by atoms with E-state index in [1.54, 1.807) is 6.07 Å². The summed E-state index contributed by atoms with van der Waals surface area (Å²) in [6.07, 6.45) is 4.94. The molecule has 0 unspecified atom stereocenters. The first-order chi connectivity index (χ1) is 25.2. The van der Waals surface area contributed by atoms with Crippen LogP contribution in [0.15, 0.2) is 76.8 Å². The van der Waals surface area contributed by atoms with Crippen LogP contribution in [0.1, 0.15) is 61.6 Å². The van der Waals surface area contributed by atoms with Gasteiger partial charge in [-0.3, -0.25) is 14.4 Å². The molecule has 0 aromatic heterocycles. The minimum absolute atomic E-state index is 0.00661. The van der Waals surface area contributed by atoms with Gasteiger partial charge < -0.3 is 29.3 Å². The van der Waals surface area contributed by atoms with Crippen LogP contribution in [0.5, 0.6) is 11.5 Å². The van der Waals surface area contributed by atoms with Crippen molar-refractivity contribution in [3.63, 3.8) is 0 Å². The fourth-order valence-corrected chi connectivity index (χ4v) is 7.45. The first-order valence-corrected chi connectivity index (χ1v) is 19.0. The standard InChI is InChI=1S/C41H47BrFN3O6/c1-27-6-3-8-33(22-27)51-21-19-46(32-16-17-32)41(49)40-34(24-31-25-45(26-36(40)44-31)38(47)9-4-10-39(48)50-2)29-13-11-28(12-14-29)7-5-20-52-37-23-30(43)15-18-35(37)42/h3,6,8,11-15,18,22-23,31-32,36,44H,4-5,7,9-10,16-17,19-21,24-26H2,1-2H3/t31-,36-/m1/s1. The number of ether oxygens (including phenoxy) is 3. The molecule has 0 radical (unpaired) electrons. The Morgan fingerprint density at radius 2 is 1.77 bits per heavy atom. The molecule has 1 aliphatic carbocycles. The van der Waals surface area contributed by atoms with Crippen LogP contribution in [0.2, 0.25) is 0 Å². The van der Waals surface area contributed by atoms with Crippen LogP contribution < -0.4 is 14.8 Å². The van der Waals surface area contributed by atoms with Gasteiger partial charge in [-0.1, -0.05) is 36.4 Å². The molecule has 2 aliphatic heterocycles. The lowest BCUT2D eigenvalue weighted by atomic mass is 9.82. The van der Waals surface area contributed by atoms with Gasteiger partial charge in [0.05, 0.1) is 30.8 Å². The summed E-state index contributed by atoms with van der Waals surface area (Å²) in [7, 11) is 1.35. The summed E-state index contributed by atoms with van der Waals surface area (Å²) in [4.78, 5) is 43.5. The van der Waals surface area contributed by atoms with Gasteiger partial charge in [0, 0.05) is 49.7 Å². The minimum Gasteiger partial charge on any atom is -0.492 e. The fourth-order valence-electron chi connectivity index (χ4n) is 7.09. The zero-order chi connectivity index (χ0) is 36.6. The summed E-state index contributed by atoms with van der Waals surface area (Å²) in [6, 6.07) is 20.6. The third-order valence-electron chi connectivity index (χ3n) is 9.89. The van der Waals surface area contributed by atoms with Crippen molar-refractivity contribution < 1.29 is 33.0 Å². The number of nitrogens with zero attached hydrogens (tertiary/aromatic N) is 2. The maximum atomic E-state index is 14.7. The van der Waals surface area contributed by atoms with E-state index in [0.717, 1.165) is 53.7 Å². The van der Waals surface area contributed by atoms with E-state index in [0.29, 0.717) is 61.5 Å². The zero-order valence-corrected chi connectivity index (χ0v) is 31.5. The van der Waals surface area contributed by atoms with Crippen molar-refractivity contribution in [2.45, 2.75) is 76.4 Å². The Morgan fingerprint density at radius 3 is 2.52 bits per heavy atom. The Labute approximate surface area is 313 Å². The van der Waals surface area contributed by atoms with Gasteiger partial charge in [0.1, 0.15) is 23.9 Å². The third kappa shape index (κ3) is 9.80. The van der Waals surface area contributed by atoms with Gasteiger partial charge in [-0.2, -0.15) is 0 Å². The van der Waals surface area contributed by atoms with Crippen LogP contribution in [0.25, 0.3) is 5.57 Å². The van der Waals surface area contributed by atoms with Crippen molar-refractivity contribution in [1.82, 2.24) is 15.1 Å². The lowest BCUT2D eigenvalue weighted by Gasteiger charge is -2.45. The van der Waals surface area contributed by atoms with E-state index in [-0.39, 0.29) is 54.6 Å². The molecule has 52 heavy (non-hydrogen) atoms. The Balaban J connectivity index is 1.18. The van der Waals surface area contributed by atoms with Crippen molar-refractivity contribution in [1.29, 1.82) is 0 Å². The number of piperazine rings is 1. The molecule has 9 nitrogen and oxygen atoms in total. The number of halogens is 2. The fraction of sp³-hybridized carbons (Fsp3) is 0.439. The van der Waals surface area contributed by atoms with Crippen LogP contribution in [-0.4, -0.2) is 85.7 Å². The number of amides is 2. The normalized spacial score (nSPS) is 18.2. The van der Waals surface area contributed by atoms with Gasteiger partial charge in [-0.05, 0) is 108 Å². The molecule has 2 amide bonds. The maximum Gasteiger partial charge on any atom is 0.305 e. The molecule has 3 aromatic carbocycles. The zero-order valence-electron chi connectivity index (χ0n) is 29.9. The molecule has 0 spiro atoms. The highest BCUT2D eigenvalue weighted by molar-refractivity contribution is 9.10. The van der Waals surface area contributed by atoms with Gasteiger partial charge in [0.15, 0.2) is 0 Å². The molecule has 3 aliphatic rings. The van der Waals surface area contributed by atoms with E-state index < -0.39 is 0 Å². The van der Waals surface area contributed by atoms with Crippen molar-refractivity contribution >= 4 is 39.3 Å². The maximum absolute atomic E-state index is 14.7. The summed E-state index contributed by atoms with van der Waals surface area (Å²) in [5.74, 6) is 0.583. The number of hydrogen-bond acceptors (Lipinski definition) is 7. The number of fused-ring (bicyclic) bond motifs is 2. The molecule has 1 saturated heterocycles. The first kappa shape index (κ1) is 37.5. The molecule has 3 aromatic rings. The average molecular weight is 777 g/mol. The van der Waals surface area contributed by atoms with Crippen LogP contribution in [-0.2, 0) is 25.5 Å². The lowest BCUT2D eigenvalue weighted by molar-refractivity contribution is -0.141. The van der Waals surface area contributed by atoms with Gasteiger partial charge >= 0.3 is 5.97 Å². The monoisotopic (exact) mass is 775 g/mol. The number of esters is 1. The summed E-state index contributed by atoms with van der Waals surface area (Å²) in [5.41, 5.74) is 5.00. The smallest absolute Gasteiger partial charge is 0.305 e.